The SMILES string of the molecule is COc1cc(OC)c(OC)cc1/C=C/C(=O)OCC(=O)Nc1ccc(-c2ccccc2)cc1. The second-order valence-electron chi connectivity index (χ2n) is 6.88. The fourth-order valence-electron chi connectivity index (χ4n) is 3.10. The first-order chi connectivity index (χ1) is 16.0. The van der Waals surface area contributed by atoms with Crippen molar-refractivity contribution >= 4 is 23.6 Å². The minimum absolute atomic E-state index is 0.410. The van der Waals surface area contributed by atoms with Crippen molar-refractivity contribution in [1.29, 1.82) is 0 Å². The third-order valence-corrected chi connectivity index (χ3v) is 4.76. The molecule has 0 radical (unpaired) electrons. The topological polar surface area (TPSA) is 83.1 Å². The number of anilines is 1. The zero-order valence-electron chi connectivity index (χ0n) is 18.7. The molecule has 0 spiro atoms. The molecule has 3 aromatic carbocycles. The van der Waals surface area contributed by atoms with Gasteiger partial charge in [0.05, 0.1) is 21.3 Å². The van der Waals surface area contributed by atoms with E-state index in [0.29, 0.717) is 28.5 Å². The number of benzene rings is 3. The normalized spacial score (nSPS) is 10.5. The zero-order chi connectivity index (χ0) is 23.6. The molecule has 0 unspecified atom stereocenters. The van der Waals surface area contributed by atoms with E-state index in [-0.39, 0.29) is 0 Å². The Morgan fingerprint density at radius 2 is 1.39 bits per heavy atom. The fourth-order valence-corrected chi connectivity index (χ4v) is 3.10. The molecule has 1 N–H and O–H groups in total. The molecule has 0 aromatic heterocycles. The second kappa shape index (κ2) is 11.4. The van der Waals surface area contributed by atoms with Gasteiger partial charge >= 0.3 is 5.97 Å². The van der Waals surface area contributed by atoms with Gasteiger partial charge < -0.3 is 24.3 Å². The lowest BCUT2D eigenvalue weighted by atomic mass is 10.1. The van der Waals surface area contributed by atoms with Crippen LogP contribution in [0.1, 0.15) is 5.56 Å². The highest BCUT2D eigenvalue weighted by Gasteiger charge is 2.11. The monoisotopic (exact) mass is 447 g/mol. The van der Waals surface area contributed by atoms with E-state index in [9.17, 15) is 9.59 Å². The quantitative estimate of drug-likeness (QED) is 0.382. The molecule has 1 amide bonds. The molecule has 0 bridgehead atoms. The maximum Gasteiger partial charge on any atom is 0.331 e. The summed E-state index contributed by atoms with van der Waals surface area (Å²) in [5.74, 6) is 0.384. The number of hydrogen-bond acceptors (Lipinski definition) is 6. The van der Waals surface area contributed by atoms with Crippen molar-refractivity contribution in [2.24, 2.45) is 0 Å². The second-order valence-corrected chi connectivity index (χ2v) is 6.88. The highest BCUT2D eigenvalue weighted by atomic mass is 16.5. The summed E-state index contributed by atoms with van der Waals surface area (Å²) in [6.07, 6.45) is 2.73. The highest BCUT2D eigenvalue weighted by Crippen LogP contribution is 2.35. The van der Waals surface area contributed by atoms with Gasteiger partial charge in [0.2, 0.25) is 0 Å². The van der Waals surface area contributed by atoms with Gasteiger partial charge in [-0.3, -0.25) is 4.79 Å². The largest absolute Gasteiger partial charge is 0.496 e. The summed E-state index contributed by atoms with van der Waals surface area (Å²) >= 11 is 0. The number of methoxy groups -OCH3 is 3. The van der Waals surface area contributed by atoms with Crippen LogP contribution in [0.5, 0.6) is 17.2 Å². The summed E-state index contributed by atoms with van der Waals surface area (Å²) in [4.78, 5) is 24.2. The van der Waals surface area contributed by atoms with Crippen molar-refractivity contribution < 1.29 is 28.5 Å². The number of ether oxygens (including phenoxy) is 4. The van der Waals surface area contributed by atoms with Gasteiger partial charge in [0.15, 0.2) is 18.1 Å². The third kappa shape index (κ3) is 6.36. The molecule has 0 aliphatic rings. The minimum atomic E-state index is -0.665. The summed E-state index contributed by atoms with van der Waals surface area (Å²) in [6.45, 7) is -0.410. The van der Waals surface area contributed by atoms with Crippen LogP contribution in [0.25, 0.3) is 17.2 Å². The van der Waals surface area contributed by atoms with E-state index in [0.717, 1.165) is 11.1 Å². The van der Waals surface area contributed by atoms with Crippen LogP contribution in [-0.4, -0.2) is 39.8 Å². The van der Waals surface area contributed by atoms with Crippen LogP contribution in [0.4, 0.5) is 5.69 Å². The highest BCUT2D eigenvalue weighted by molar-refractivity contribution is 5.95. The lowest BCUT2D eigenvalue weighted by Gasteiger charge is -2.12. The average Bonchev–Trinajstić information content (AvgIpc) is 2.86. The molecular formula is C26H25NO6. The average molecular weight is 447 g/mol. The molecule has 0 fully saturated rings. The maximum absolute atomic E-state index is 12.1. The van der Waals surface area contributed by atoms with Crippen molar-refractivity contribution in [2.45, 2.75) is 0 Å². The number of hydrogen-bond donors (Lipinski definition) is 1. The van der Waals surface area contributed by atoms with Crippen LogP contribution in [0.3, 0.4) is 0 Å². The van der Waals surface area contributed by atoms with E-state index >= 15 is 0 Å². The van der Waals surface area contributed by atoms with Gasteiger partial charge in [-0.15, -0.1) is 0 Å². The van der Waals surface area contributed by atoms with Crippen LogP contribution >= 0.6 is 0 Å². The Morgan fingerprint density at radius 3 is 2.03 bits per heavy atom. The molecular weight excluding hydrogens is 422 g/mol. The molecule has 0 saturated carbocycles. The molecule has 7 nitrogen and oxygen atoms in total. The van der Waals surface area contributed by atoms with Crippen LogP contribution < -0.4 is 19.5 Å². The number of amides is 1. The van der Waals surface area contributed by atoms with E-state index in [1.807, 2.05) is 42.5 Å². The summed E-state index contributed by atoms with van der Waals surface area (Å²) in [7, 11) is 4.54. The van der Waals surface area contributed by atoms with Gasteiger partial charge in [-0.25, -0.2) is 4.79 Å². The van der Waals surface area contributed by atoms with Crippen LogP contribution in [0.2, 0.25) is 0 Å². The van der Waals surface area contributed by atoms with Crippen LogP contribution in [0, 0.1) is 0 Å². The molecule has 0 atom stereocenters. The number of carbonyl (C=O) groups is 2. The summed E-state index contributed by atoms with van der Waals surface area (Å²) < 4.78 is 20.9. The minimum Gasteiger partial charge on any atom is -0.496 e. The van der Waals surface area contributed by atoms with Crippen LogP contribution in [-0.2, 0) is 14.3 Å². The van der Waals surface area contributed by atoms with Gasteiger partial charge in [0, 0.05) is 23.4 Å². The van der Waals surface area contributed by atoms with Crippen molar-refractivity contribution in [1.82, 2.24) is 0 Å². The molecule has 0 heterocycles. The van der Waals surface area contributed by atoms with E-state index in [1.54, 1.807) is 24.3 Å². The lowest BCUT2D eigenvalue weighted by molar-refractivity contribution is -0.142. The summed E-state index contributed by atoms with van der Waals surface area (Å²) in [5.41, 5.74) is 3.33. The maximum atomic E-state index is 12.1. The van der Waals surface area contributed by atoms with E-state index in [2.05, 4.69) is 5.32 Å². The molecule has 3 aromatic rings. The summed E-state index contributed by atoms with van der Waals surface area (Å²) in [6, 6.07) is 20.7. The predicted octanol–water partition coefficient (Wildman–Crippen LogP) is 4.57. The molecule has 7 heteroatoms. The van der Waals surface area contributed by atoms with Gasteiger partial charge in [-0.2, -0.15) is 0 Å². The van der Waals surface area contributed by atoms with E-state index < -0.39 is 18.5 Å². The number of rotatable bonds is 9. The lowest BCUT2D eigenvalue weighted by Crippen LogP contribution is -2.20. The van der Waals surface area contributed by atoms with Crippen molar-refractivity contribution in [2.75, 3.05) is 33.3 Å². The molecule has 0 aliphatic carbocycles. The molecule has 0 aliphatic heterocycles. The van der Waals surface area contributed by atoms with Gasteiger partial charge in [0.25, 0.3) is 5.91 Å². The Kier molecular flexibility index (Phi) is 8.07. The number of carbonyl (C=O) groups excluding carboxylic acids is 2. The molecule has 0 saturated heterocycles. The Labute approximate surface area is 192 Å². The Bertz CT molecular complexity index is 1120. The Morgan fingerprint density at radius 1 is 0.788 bits per heavy atom. The first-order valence-electron chi connectivity index (χ1n) is 10.1. The zero-order valence-corrected chi connectivity index (χ0v) is 18.7. The Hall–Kier alpha value is -4.26. The standard InChI is InChI=1S/C26H25NO6/c1-30-22-16-24(32-3)23(31-2)15-20(22)11-14-26(29)33-17-25(28)27-21-12-9-19(10-13-21)18-7-5-4-6-8-18/h4-16H,17H2,1-3H3,(H,27,28)/b14-11+. The number of esters is 1. The predicted molar refractivity (Wildman–Crippen MR) is 127 cm³/mol. The van der Waals surface area contributed by atoms with Crippen molar-refractivity contribution in [3.63, 3.8) is 0 Å². The van der Waals surface area contributed by atoms with Crippen molar-refractivity contribution in [3.05, 3.63) is 78.4 Å². The Balaban J connectivity index is 1.54. The number of nitrogens with one attached hydrogen (secondary N) is 1. The van der Waals surface area contributed by atoms with E-state index in [1.165, 1.54) is 33.5 Å². The fraction of sp³-hybridized carbons (Fsp3) is 0.154. The van der Waals surface area contributed by atoms with E-state index in [4.69, 9.17) is 18.9 Å². The van der Waals surface area contributed by atoms with Gasteiger partial charge in [0.1, 0.15) is 5.75 Å². The smallest absolute Gasteiger partial charge is 0.331 e. The molecule has 3 rings (SSSR count). The van der Waals surface area contributed by atoms with Crippen LogP contribution in [0.15, 0.2) is 72.8 Å². The molecule has 170 valence electrons. The van der Waals surface area contributed by atoms with Crippen molar-refractivity contribution in [3.8, 4) is 28.4 Å². The summed E-state index contributed by atoms with van der Waals surface area (Å²) in [5, 5.41) is 2.71. The van der Waals surface area contributed by atoms with Gasteiger partial charge in [-0.05, 0) is 35.4 Å². The third-order valence-electron chi connectivity index (χ3n) is 4.76. The molecule has 33 heavy (non-hydrogen) atoms. The van der Waals surface area contributed by atoms with Gasteiger partial charge in [-0.1, -0.05) is 42.5 Å². The first-order valence-corrected chi connectivity index (χ1v) is 10.1. The first kappa shape index (κ1) is 23.4.